The van der Waals surface area contributed by atoms with Gasteiger partial charge in [-0.2, -0.15) is 0 Å². The molecule has 7 heteroatoms. The Kier molecular flexibility index (Phi) is 7.42. The number of carbonyl (C=O) groups excluding carboxylic acids is 1. The maximum Gasteiger partial charge on any atom is 0.269 e. The van der Waals surface area contributed by atoms with Crippen molar-refractivity contribution in [2.24, 2.45) is 0 Å². The van der Waals surface area contributed by atoms with Crippen LogP contribution in [-0.2, 0) is 4.79 Å². The van der Waals surface area contributed by atoms with Crippen LogP contribution in [0, 0.1) is 10.1 Å². The predicted octanol–water partition coefficient (Wildman–Crippen LogP) is 3.01. The van der Waals surface area contributed by atoms with Gasteiger partial charge in [-0.05, 0) is 37.6 Å². The molecule has 0 spiro atoms. The van der Waals surface area contributed by atoms with Gasteiger partial charge in [0.15, 0.2) is 6.61 Å². The van der Waals surface area contributed by atoms with E-state index in [1.165, 1.54) is 30.0 Å². The molecule has 7 nitrogen and oxygen atoms in total. The zero-order valence-corrected chi connectivity index (χ0v) is 14.8. The molecule has 138 valence electrons. The summed E-state index contributed by atoms with van der Waals surface area (Å²) in [5.41, 5.74) is 1.16. The highest BCUT2D eigenvalue weighted by Gasteiger charge is 2.07. The van der Waals surface area contributed by atoms with Gasteiger partial charge in [-0.15, -0.1) is 0 Å². The van der Waals surface area contributed by atoms with Crippen molar-refractivity contribution in [2.45, 2.75) is 13.3 Å². The summed E-state index contributed by atoms with van der Waals surface area (Å²) in [6.45, 7) is 4.30. The SMILES string of the molecule is CCN(CCCNC(=O)COc1ccc([N+](=O)[O-])cc1)c1ccccc1. The van der Waals surface area contributed by atoms with Gasteiger partial charge >= 0.3 is 0 Å². The van der Waals surface area contributed by atoms with Crippen molar-refractivity contribution in [3.8, 4) is 5.75 Å². The summed E-state index contributed by atoms with van der Waals surface area (Å²) in [5.74, 6) is 0.207. The molecule has 0 saturated carbocycles. The minimum Gasteiger partial charge on any atom is -0.484 e. The third kappa shape index (κ3) is 6.08. The van der Waals surface area contributed by atoms with E-state index in [9.17, 15) is 14.9 Å². The minimum atomic E-state index is -0.481. The van der Waals surface area contributed by atoms with E-state index in [4.69, 9.17) is 4.74 Å². The summed E-state index contributed by atoms with van der Waals surface area (Å²) >= 11 is 0. The number of ether oxygens (including phenoxy) is 1. The van der Waals surface area contributed by atoms with Gasteiger partial charge in [0.1, 0.15) is 5.75 Å². The van der Waals surface area contributed by atoms with Crippen molar-refractivity contribution >= 4 is 17.3 Å². The third-order valence-electron chi connectivity index (χ3n) is 3.85. The summed E-state index contributed by atoms with van der Waals surface area (Å²) in [7, 11) is 0. The summed E-state index contributed by atoms with van der Waals surface area (Å²) in [6, 6.07) is 15.8. The van der Waals surface area contributed by atoms with E-state index >= 15 is 0 Å². The number of carbonyl (C=O) groups is 1. The first-order chi connectivity index (χ1) is 12.6. The number of nitro groups is 1. The molecule has 0 fully saturated rings. The zero-order chi connectivity index (χ0) is 18.8. The van der Waals surface area contributed by atoms with Crippen LogP contribution >= 0.6 is 0 Å². The smallest absolute Gasteiger partial charge is 0.269 e. The van der Waals surface area contributed by atoms with Crippen LogP contribution in [0.15, 0.2) is 54.6 Å². The number of para-hydroxylation sites is 1. The number of nitro benzene ring substituents is 1. The molecule has 0 aliphatic carbocycles. The van der Waals surface area contributed by atoms with Crippen LogP contribution in [0.1, 0.15) is 13.3 Å². The molecule has 0 saturated heterocycles. The Labute approximate surface area is 152 Å². The van der Waals surface area contributed by atoms with Gasteiger partial charge in [-0.3, -0.25) is 14.9 Å². The Balaban J connectivity index is 1.66. The maximum atomic E-state index is 11.8. The van der Waals surface area contributed by atoms with Gasteiger partial charge < -0.3 is 15.0 Å². The van der Waals surface area contributed by atoms with Crippen LogP contribution in [0.4, 0.5) is 11.4 Å². The Morgan fingerprint density at radius 3 is 2.46 bits per heavy atom. The molecule has 2 aromatic rings. The van der Waals surface area contributed by atoms with E-state index in [-0.39, 0.29) is 18.2 Å². The molecule has 0 bridgehead atoms. The maximum absolute atomic E-state index is 11.8. The molecule has 0 atom stereocenters. The molecule has 0 radical (unpaired) electrons. The number of nitrogens with zero attached hydrogens (tertiary/aromatic N) is 2. The molecule has 0 unspecified atom stereocenters. The monoisotopic (exact) mass is 357 g/mol. The van der Waals surface area contributed by atoms with Gasteiger partial charge in [0.05, 0.1) is 4.92 Å². The first-order valence-electron chi connectivity index (χ1n) is 8.54. The molecule has 0 heterocycles. The number of hydrogen-bond donors (Lipinski definition) is 1. The highest BCUT2D eigenvalue weighted by atomic mass is 16.6. The lowest BCUT2D eigenvalue weighted by atomic mass is 10.2. The van der Waals surface area contributed by atoms with Gasteiger partial charge in [0.2, 0.25) is 0 Å². The number of benzene rings is 2. The zero-order valence-electron chi connectivity index (χ0n) is 14.8. The van der Waals surface area contributed by atoms with E-state index in [2.05, 4.69) is 29.3 Å². The lowest BCUT2D eigenvalue weighted by molar-refractivity contribution is -0.384. The quantitative estimate of drug-likeness (QED) is 0.401. The topological polar surface area (TPSA) is 84.7 Å². The fourth-order valence-electron chi connectivity index (χ4n) is 2.47. The Morgan fingerprint density at radius 2 is 1.85 bits per heavy atom. The van der Waals surface area contributed by atoms with Crippen LogP contribution in [0.3, 0.4) is 0 Å². The molecular formula is C19H23N3O4. The van der Waals surface area contributed by atoms with E-state index < -0.39 is 4.92 Å². The molecule has 2 aromatic carbocycles. The summed E-state index contributed by atoms with van der Waals surface area (Å²) in [5, 5.41) is 13.4. The lowest BCUT2D eigenvalue weighted by Crippen LogP contribution is -2.32. The van der Waals surface area contributed by atoms with E-state index in [0.29, 0.717) is 12.3 Å². The van der Waals surface area contributed by atoms with Crippen molar-refractivity contribution in [3.05, 3.63) is 64.7 Å². The van der Waals surface area contributed by atoms with Crippen molar-refractivity contribution in [3.63, 3.8) is 0 Å². The van der Waals surface area contributed by atoms with Gasteiger partial charge in [-0.25, -0.2) is 0 Å². The largest absolute Gasteiger partial charge is 0.484 e. The fraction of sp³-hybridized carbons (Fsp3) is 0.316. The standard InChI is InChI=1S/C19H23N3O4/c1-2-21(16-7-4-3-5-8-16)14-6-13-20-19(23)15-26-18-11-9-17(10-12-18)22(24)25/h3-5,7-12H,2,6,13-15H2,1H3,(H,20,23). The molecule has 0 aliphatic heterocycles. The van der Waals surface area contributed by atoms with E-state index in [0.717, 1.165) is 19.5 Å². The second-order valence-electron chi connectivity index (χ2n) is 5.66. The number of nitrogens with one attached hydrogen (secondary N) is 1. The number of rotatable bonds is 10. The minimum absolute atomic E-state index is 0.0132. The Morgan fingerprint density at radius 1 is 1.15 bits per heavy atom. The van der Waals surface area contributed by atoms with Gasteiger partial charge in [0, 0.05) is 37.5 Å². The first-order valence-corrected chi connectivity index (χ1v) is 8.54. The van der Waals surface area contributed by atoms with Gasteiger partial charge in [-0.1, -0.05) is 18.2 Å². The van der Waals surface area contributed by atoms with Gasteiger partial charge in [0.25, 0.3) is 11.6 Å². The second kappa shape index (κ2) is 10.0. The van der Waals surface area contributed by atoms with E-state index in [1.807, 2.05) is 18.2 Å². The number of non-ortho nitro benzene ring substituents is 1. The number of anilines is 1. The van der Waals surface area contributed by atoms with Crippen LogP contribution in [-0.4, -0.2) is 37.1 Å². The molecule has 1 amide bonds. The fourth-order valence-corrected chi connectivity index (χ4v) is 2.47. The first kappa shape index (κ1) is 19.2. The van der Waals surface area contributed by atoms with Crippen LogP contribution in [0.25, 0.3) is 0 Å². The highest BCUT2D eigenvalue weighted by molar-refractivity contribution is 5.77. The Bertz CT molecular complexity index is 704. The number of hydrogen-bond acceptors (Lipinski definition) is 5. The van der Waals surface area contributed by atoms with Crippen LogP contribution < -0.4 is 15.0 Å². The third-order valence-corrected chi connectivity index (χ3v) is 3.85. The molecule has 2 rings (SSSR count). The van der Waals surface area contributed by atoms with Crippen molar-refractivity contribution < 1.29 is 14.5 Å². The molecule has 1 N–H and O–H groups in total. The van der Waals surface area contributed by atoms with Crippen LogP contribution in [0.5, 0.6) is 5.75 Å². The van der Waals surface area contributed by atoms with Crippen molar-refractivity contribution in [1.82, 2.24) is 5.32 Å². The highest BCUT2D eigenvalue weighted by Crippen LogP contribution is 2.17. The van der Waals surface area contributed by atoms with Crippen molar-refractivity contribution in [2.75, 3.05) is 31.1 Å². The van der Waals surface area contributed by atoms with Crippen LogP contribution in [0.2, 0.25) is 0 Å². The second-order valence-corrected chi connectivity index (χ2v) is 5.66. The lowest BCUT2D eigenvalue weighted by Gasteiger charge is -2.23. The average Bonchev–Trinajstić information content (AvgIpc) is 2.67. The molecule has 26 heavy (non-hydrogen) atoms. The normalized spacial score (nSPS) is 10.2. The summed E-state index contributed by atoms with van der Waals surface area (Å²) in [4.78, 5) is 24.2. The molecule has 0 aromatic heterocycles. The molecular weight excluding hydrogens is 334 g/mol. The molecule has 0 aliphatic rings. The summed E-state index contributed by atoms with van der Waals surface area (Å²) < 4.78 is 5.33. The average molecular weight is 357 g/mol. The summed E-state index contributed by atoms with van der Waals surface area (Å²) in [6.07, 6.45) is 0.825. The Hall–Kier alpha value is -3.09. The van der Waals surface area contributed by atoms with E-state index in [1.54, 1.807) is 0 Å². The van der Waals surface area contributed by atoms with Crippen molar-refractivity contribution in [1.29, 1.82) is 0 Å². The predicted molar refractivity (Wildman–Crippen MR) is 101 cm³/mol. The number of amides is 1.